The molecule has 0 saturated heterocycles. The first-order valence-corrected chi connectivity index (χ1v) is 8.16. The molecule has 1 aromatic heterocycles. The highest BCUT2D eigenvalue weighted by Crippen LogP contribution is 2.11. The van der Waals surface area contributed by atoms with Crippen molar-refractivity contribution in [2.24, 2.45) is 0 Å². The average Bonchev–Trinajstić information content (AvgIpc) is 2.49. The highest BCUT2D eigenvalue weighted by Gasteiger charge is 2.18. The molecular formula is C17H28N4O+2. The van der Waals surface area contributed by atoms with Crippen LogP contribution in [0.5, 0.6) is 0 Å². The van der Waals surface area contributed by atoms with Crippen molar-refractivity contribution in [3.8, 4) is 0 Å². The van der Waals surface area contributed by atoms with Crippen molar-refractivity contribution in [1.82, 2.24) is 9.55 Å². The molecule has 0 amide bonds. The third-order valence-electron chi connectivity index (χ3n) is 3.91. The van der Waals surface area contributed by atoms with Crippen molar-refractivity contribution in [2.75, 3.05) is 27.2 Å². The minimum atomic E-state index is 0.0842. The van der Waals surface area contributed by atoms with E-state index in [0.717, 1.165) is 37.4 Å². The Kier molecular flexibility index (Phi) is 5.69. The van der Waals surface area contributed by atoms with E-state index in [-0.39, 0.29) is 11.6 Å². The number of nitrogens with two attached hydrogens (primary N) is 1. The molecule has 0 fully saturated rings. The van der Waals surface area contributed by atoms with Crippen LogP contribution in [-0.4, -0.2) is 36.7 Å². The van der Waals surface area contributed by atoms with Gasteiger partial charge in [-0.25, -0.2) is 4.98 Å². The Morgan fingerprint density at radius 1 is 1.32 bits per heavy atom. The van der Waals surface area contributed by atoms with Crippen molar-refractivity contribution in [2.45, 2.75) is 32.9 Å². The molecule has 1 aromatic carbocycles. The summed E-state index contributed by atoms with van der Waals surface area (Å²) in [7, 11) is 4.31. The van der Waals surface area contributed by atoms with Crippen molar-refractivity contribution in [3.05, 3.63) is 40.4 Å². The predicted molar refractivity (Wildman–Crippen MR) is 89.2 cm³/mol. The molecule has 0 aliphatic carbocycles. The molecule has 5 heteroatoms. The molecule has 0 radical (unpaired) electrons. The van der Waals surface area contributed by atoms with Crippen LogP contribution < -0.4 is 15.8 Å². The van der Waals surface area contributed by atoms with E-state index < -0.39 is 0 Å². The van der Waals surface area contributed by atoms with E-state index in [1.165, 1.54) is 4.90 Å². The first kappa shape index (κ1) is 16.6. The normalized spacial score (nSPS) is 13.0. The topological polar surface area (TPSA) is 55.9 Å². The Morgan fingerprint density at radius 2 is 2.05 bits per heavy atom. The van der Waals surface area contributed by atoms with Crippen LogP contribution in [0.4, 0.5) is 0 Å². The number of nitrogens with zero attached hydrogens (tertiary/aromatic N) is 2. The molecule has 2 rings (SSSR count). The smallest absolute Gasteiger partial charge is 0.261 e. The van der Waals surface area contributed by atoms with Gasteiger partial charge in [-0.1, -0.05) is 19.1 Å². The molecule has 2 aromatic rings. The largest absolute Gasteiger partial charge is 0.335 e. The summed E-state index contributed by atoms with van der Waals surface area (Å²) >= 11 is 0. The second kappa shape index (κ2) is 7.51. The van der Waals surface area contributed by atoms with Gasteiger partial charge < -0.3 is 10.2 Å². The molecule has 1 heterocycles. The van der Waals surface area contributed by atoms with E-state index in [0.29, 0.717) is 5.39 Å². The van der Waals surface area contributed by atoms with Crippen molar-refractivity contribution >= 4 is 10.9 Å². The van der Waals surface area contributed by atoms with Crippen LogP contribution >= 0.6 is 0 Å². The van der Waals surface area contributed by atoms with Crippen LogP contribution in [0, 0.1) is 0 Å². The first-order chi connectivity index (χ1) is 10.5. The number of likely N-dealkylation sites (N-methyl/N-ethyl adjacent to an activating group) is 1. The molecular weight excluding hydrogens is 276 g/mol. The lowest BCUT2D eigenvalue weighted by atomic mass is 10.2. The van der Waals surface area contributed by atoms with E-state index in [9.17, 15) is 4.79 Å². The van der Waals surface area contributed by atoms with Crippen molar-refractivity contribution in [3.63, 3.8) is 0 Å². The van der Waals surface area contributed by atoms with E-state index in [1.807, 2.05) is 28.8 Å². The standard InChI is InChI=1S/C17H26N4O/c1-5-11-21-16(13(2)18-10-12-20(3)4)19-15-9-7-6-8-14(15)17(21)22/h6-9,13,18H,5,10-12H2,1-4H3/p+2/t13-/m0/s1. The molecule has 120 valence electrons. The summed E-state index contributed by atoms with van der Waals surface area (Å²) in [4.78, 5) is 18.9. The Bertz CT molecular complexity index is 678. The zero-order valence-corrected chi connectivity index (χ0v) is 14.1. The molecule has 0 spiro atoms. The number of nitrogens with one attached hydrogen (secondary N) is 1. The number of fused-ring (bicyclic) bond motifs is 1. The number of quaternary nitrogens is 2. The van der Waals surface area contributed by atoms with Gasteiger partial charge in [-0.05, 0) is 25.5 Å². The van der Waals surface area contributed by atoms with E-state index >= 15 is 0 Å². The number of aromatic nitrogens is 2. The number of benzene rings is 1. The molecule has 22 heavy (non-hydrogen) atoms. The van der Waals surface area contributed by atoms with Gasteiger partial charge in [-0.15, -0.1) is 0 Å². The number of hydrogen-bond acceptors (Lipinski definition) is 2. The van der Waals surface area contributed by atoms with Gasteiger partial charge in [0.1, 0.15) is 19.1 Å². The van der Waals surface area contributed by atoms with Crippen LogP contribution in [0.3, 0.4) is 0 Å². The van der Waals surface area contributed by atoms with Gasteiger partial charge >= 0.3 is 0 Å². The average molecular weight is 304 g/mol. The molecule has 0 unspecified atom stereocenters. The lowest BCUT2D eigenvalue weighted by Crippen LogP contribution is -3.09. The highest BCUT2D eigenvalue weighted by atomic mass is 16.1. The summed E-state index contributed by atoms with van der Waals surface area (Å²) in [5.74, 6) is 0.888. The maximum atomic E-state index is 12.7. The summed E-state index contributed by atoms with van der Waals surface area (Å²) in [6.45, 7) is 7.07. The maximum absolute atomic E-state index is 12.7. The quantitative estimate of drug-likeness (QED) is 0.730. The molecule has 3 N–H and O–H groups in total. The van der Waals surface area contributed by atoms with Crippen LogP contribution in [0.25, 0.3) is 10.9 Å². The molecule has 5 nitrogen and oxygen atoms in total. The SMILES string of the molecule is CCCn1c([C@H](C)[NH2+]CC[NH+](C)C)nc2ccccc2c1=O. The van der Waals surface area contributed by atoms with Gasteiger partial charge in [-0.2, -0.15) is 0 Å². The Morgan fingerprint density at radius 3 is 2.73 bits per heavy atom. The molecule has 0 aliphatic rings. The second-order valence-electron chi connectivity index (χ2n) is 6.21. The predicted octanol–water partition coefficient (Wildman–Crippen LogP) is -0.425. The van der Waals surface area contributed by atoms with Crippen LogP contribution in [-0.2, 0) is 6.54 Å². The molecule has 0 aliphatic heterocycles. The number of para-hydroxylation sites is 1. The fourth-order valence-electron chi connectivity index (χ4n) is 2.70. The van der Waals surface area contributed by atoms with E-state index in [2.05, 4.69) is 33.3 Å². The monoisotopic (exact) mass is 304 g/mol. The minimum Gasteiger partial charge on any atom is -0.335 e. The van der Waals surface area contributed by atoms with Crippen molar-refractivity contribution in [1.29, 1.82) is 0 Å². The van der Waals surface area contributed by atoms with Crippen molar-refractivity contribution < 1.29 is 10.2 Å². The van der Waals surface area contributed by atoms with Gasteiger partial charge in [0.25, 0.3) is 5.56 Å². The first-order valence-electron chi connectivity index (χ1n) is 8.16. The summed E-state index contributed by atoms with van der Waals surface area (Å²) in [5.41, 5.74) is 0.884. The van der Waals surface area contributed by atoms with E-state index in [1.54, 1.807) is 0 Å². The highest BCUT2D eigenvalue weighted by molar-refractivity contribution is 5.77. The summed E-state index contributed by atoms with van der Waals surface area (Å²) < 4.78 is 1.85. The van der Waals surface area contributed by atoms with Crippen LogP contribution in [0.1, 0.15) is 32.1 Å². The zero-order chi connectivity index (χ0) is 16.1. The third kappa shape index (κ3) is 3.72. The molecule has 0 bridgehead atoms. The number of hydrogen-bond donors (Lipinski definition) is 2. The van der Waals surface area contributed by atoms with Gasteiger partial charge in [0.05, 0.1) is 25.0 Å². The van der Waals surface area contributed by atoms with Gasteiger partial charge in [0.2, 0.25) is 0 Å². The Labute approximate surface area is 132 Å². The Balaban J connectivity index is 2.38. The lowest BCUT2D eigenvalue weighted by molar-refractivity contribution is -0.877. The van der Waals surface area contributed by atoms with Gasteiger partial charge in [0, 0.05) is 6.54 Å². The van der Waals surface area contributed by atoms with Crippen LogP contribution in [0.2, 0.25) is 0 Å². The maximum Gasteiger partial charge on any atom is 0.261 e. The molecule has 1 atom stereocenters. The fourth-order valence-corrected chi connectivity index (χ4v) is 2.70. The Hall–Kier alpha value is -1.72. The van der Waals surface area contributed by atoms with Gasteiger partial charge in [0.15, 0.2) is 5.82 Å². The summed E-state index contributed by atoms with van der Waals surface area (Å²) in [6, 6.07) is 7.81. The summed E-state index contributed by atoms with van der Waals surface area (Å²) in [6.07, 6.45) is 0.932. The second-order valence-corrected chi connectivity index (χ2v) is 6.21. The third-order valence-corrected chi connectivity index (χ3v) is 3.91. The number of rotatable bonds is 7. The lowest BCUT2D eigenvalue weighted by Gasteiger charge is -2.17. The van der Waals surface area contributed by atoms with Crippen LogP contribution in [0.15, 0.2) is 29.1 Å². The molecule has 0 saturated carbocycles. The minimum absolute atomic E-state index is 0.0842. The van der Waals surface area contributed by atoms with Gasteiger partial charge in [-0.3, -0.25) is 9.36 Å². The fraction of sp³-hybridized carbons (Fsp3) is 0.529. The summed E-state index contributed by atoms with van der Waals surface area (Å²) in [5, 5.41) is 2.99. The zero-order valence-electron chi connectivity index (χ0n) is 14.1. The van der Waals surface area contributed by atoms with E-state index in [4.69, 9.17) is 4.98 Å².